The summed E-state index contributed by atoms with van der Waals surface area (Å²) in [5, 5.41) is 3.03. The van der Waals surface area contributed by atoms with Gasteiger partial charge >= 0.3 is 0 Å². The Bertz CT molecular complexity index is 1030. The van der Waals surface area contributed by atoms with E-state index in [1.807, 2.05) is 4.90 Å². The van der Waals surface area contributed by atoms with E-state index in [4.69, 9.17) is 14.2 Å². The van der Waals surface area contributed by atoms with Crippen LogP contribution in [0.5, 0.6) is 17.2 Å². The first-order valence-corrected chi connectivity index (χ1v) is 12.4. The Morgan fingerprint density at radius 3 is 2.11 bits per heavy atom. The van der Waals surface area contributed by atoms with Crippen molar-refractivity contribution in [3.63, 3.8) is 0 Å². The van der Waals surface area contributed by atoms with Crippen molar-refractivity contribution in [2.75, 3.05) is 59.0 Å². The van der Waals surface area contributed by atoms with Crippen LogP contribution in [-0.4, -0.2) is 80.7 Å². The molecule has 10 nitrogen and oxygen atoms in total. The van der Waals surface area contributed by atoms with Crippen LogP contribution in [0.2, 0.25) is 0 Å². The van der Waals surface area contributed by atoms with Crippen LogP contribution in [0, 0.1) is 11.8 Å². The maximum absolute atomic E-state index is 13.1. The molecule has 0 bridgehead atoms. The van der Waals surface area contributed by atoms with E-state index in [0.717, 1.165) is 44.7 Å². The average Bonchev–Trinajstić information content (AvgIpc) is 2.95. The maximum atomic E-state index is 13.1. The number of nitrogens with one attached hydrogen (secondary N) is 1. The molecule has 1 saturated carbocycles. The fourth-order valence-corrected chi connectivity index (χ4v) is 4.99. The highest BCUT2D eigenvalue weighted by Crippen LogP contribution is 2.35. The Morgan fingerprint density at radius 2 is 1.50 bits per heavy atom. The highest BCUT2D eigenvalue weighted by atomic mass is 16.5. The smallest absolute Gasteiger partial charge is 0.255 e. The van der Waals surface area contributed by atoms with Crippen molar-refractivity contribution in [3.8, 4) is 17.2 Å². The molecule has 10 heteroatoms. The molecule has 2 aliphatic rings. The number of aromatic nitrogens is 2. The summed E-state index contributed by atoms with van der Waals surface area (Å²) in [5.74, 6) is 2.56. The number of ether oxygens (including phenoxy) is 3. The predicted molar refractivity (Wildman–Crippen MR) is 135 cm³/mol. The Labute approximate surface area is 211 Å². The second-order valence-corrected chi connectivity index (χ2v) is 9.20. The molecule has 2 aromatic rings. The van der Waals surface area contributed by atoms with Crippen LogP contribution in [0.3, 0.4) is 0 Å². The van der Waals surface area contributed by atoms with Gasteiger partial charge in [-0.2, -0.15) is 0 Å². The van der Waals surface area contributed by atoms with Crippen molar-refractivity contribution in [2.24, 2.45) is 11.8 Å². The van der Waals surface area contributed by atoms with Gasteiger partial charge in [-0.3, -0.25) is 9.59 Å². The van der Waals surface area contributed by atoms with Gasteiger partial charge in [0, 0.05) is 63.2 Å². The second kappa shape index (κ2) is 11.9. The summed E-state index contributed by atoms with van der Waals surface area (Å²) in [7, 11) is 4.59. The maximum Gasteiger partial charge on any atom is 0.255 e. The van der Waals surface area contributed by atoms with Gasteiger partial charge in [-0.1, -0.05) is 0 Å². The average molecular weight is 498 g/mol. The van der Waals surface area contributed by atoms with Crippen LogP contribution in [-0.2, 0) is 4.79 Å². The largest absolute Gasteiger partial charge is 0.496 e. The van der Waals surface area contributed by atoms with Crippen molar-refractivity contribution in [2.45, 2.75) is 25.7 Å². The molecule has 1 aliphatic heterocycles. The minimum atomic E-state index is -0.216. The van der Waals surface area contributed by atoms with Gasteiger partial charge in [0.25, 0.3) is 5.91 Å². The lowest BCUT2D eigenvalue weighted by atomic mass is 9.81. The van der Waals surface area contributed by atoms with Crippen LogP contribution < -0.4 is 24.4 Å². The third-order valence-electron chi connectivity index (χ3n) is 7.12. The minimum absolute atomic E-state index is 0.0578. The number of anilines is 1. The number of amides is 2. The third kappa shape index (κ3) is 5.80. The Balaban J connectivity index is 1.24. The normalized spacial score (nSPS) is 20.0. The van der Waals surface area contributed by atoms with Crippen molar-refractivity contribution < 1.29 is 23.8 Å². The highest BCUT2D eigenvalue weighted by Gasteiger charge is 2.31. The van der Waals surface area contributed by atoms with E-state index >= 15 is 0 Å². The van der Waals surface area contributed by atoms with E-state index in [1.54, 1.807) is 30.6 Å². The summed E-state index contributed by atoms with van der Waals surface area (Å²) in [6, 6.07) is 5.08. The lowest BCUT2D eigenvalue weighted by Gasteiger charge is -2.37. The van der Waals surface area contributed by atoms with Crippen LogP contribution in [0.15, 0.2) is 30.6 Å². The fourth-order valence-electron chi connectivity index (χ4n) is 4.99. The number of nitrogens with zero attached hydrogens (tertiary/aromatic N) is 4. The molecule has 0 spiro atoms. The van der Waals surface area contributed by atoms with E-state index in [1.165, 1.54) is 21.3 Å². The summed E-state index contributed by atoms with van der Waals surface area (Å²) < 4.78 is 16.0. The summed E-state index contributed by atoms with van der Waals surface area (Å²) in [6.45, 7) is 3.45. The summed E-state index contributed by atoms with van der Waals surface area (Å²) >= 11 is 0. The third-order valence-corrected chi connectivity index (χ3v) is 7.12. The topological polar surface area (TPSA) is 106 Å². The van der Waals surface area contributed by atoms with Crippen molar-refractivity contribution in [1.82, 2.24) is 20.2 Å². The first-order chi connectivity index (χ1) is 17.5. The van der Waals surface area contributed by atoms with Crippen LogP contribution in [0.4, 0.5) is 5.95 Å². The molecule has 4 rings (SSSR count). The van der Waals surface area contributed by atoms with Gasteiger partial charge in [0.15, 0.2) is 11.5 Å². The summed E-state index contributed by atoms with van der Waals surface area (Å²) in [6.07, 6.45) is 7.01. The number of benzene rings is 1. The quantitative estimate of drug-likeness (QED) is 0.593. The first-order valence-electron chi connectivity index (χ1n) is 12.4. The molecule has 1 aromatic carbocycles. The van der Waals surface area contributed by atoms with Gasteiger partial charge in [-0.25, -0.2) is 9.97 Å². The number of piperazine rings is 1. The molecule has 2 fully saturated rings. The summed E-state index contributed by atoms with van der Waals surface area (Å²) in [5.41, 5.74) is 0.402. The molecular formula is C26H35N5O5. The van der Waals surface area contributed by atoms with Crippen LogP contribution >= 0.6 is 0 Å². The number of hydrogen-bond donors (Lipinski definition) is 1. The number of rotatable bonds is 8. The van der Waals surface area contributed by atoms with Gasteiger partial charge < -0.3 is 29.3 Å². The molecular weight excluding hydrogens is 462 g/mol. The van der Waals surface area contributed by atoms with E-state index in [-0.39, 0.29) is 17.7 Å². The number of methoxy groups -OCH3 is 3. The van der Waals surface area contributed by atoms with E-state index in [0.29, 0.717) is 48.4 Å². The standard InChI is InChI=1S/C26H35N5O5/c1-34-21-16-23(36-3)22(35-2)15-20(21)24(32)29-17-18-5-7-19(8-6-18)25(33)30-11-13-31(14-12-30)26-27-9-4-10-28-26/h4,9-10,15-16,18-19H,5-8,11-14,17H2,1-3H3,(H,29,32). The van der Waals surface area contributed by atoms with E-state index < -0.39 is 0 Å². The lowest BCUT2D eigenvalue weighted by molar-refractivity contribution is -0.137. The van der Waals surface area contributed by atoms with Crippen LogP contribution in [0.1, 0.15) is 36.0 Å². The Kier molecular flexibility index (Phi) is 8.45. The second-order valence-electron chi connectivity index (χ2n) is 9.20. The zero-order chi connectivity index (χ0) is 25.5. The monoisotopic (exact) mass is 497 g/mol. The predicted octanol–water partition coefficient (Wildman–Crippen LogP) is 2.39. The molecule has 194 valence electrons. The molecule has 1 saturated heterocycles. The number of carbonyl (C=O) groups excluding carboxylic acids is 2. The SMILES string of the molecule is COc1cc(OC)c(C(=O)NCC2CCC(C(=O)N3CCN(c4ncccn4)CC3)CC2)cc1OC. The molecule has 2 heterocycles. The molecule has 1 aromatic heterocycles. The van der Waals surface area contributed by atoms with Gasteiger partial charge in [-0.15, -0.1) is 0 Å². The molecule has 2 amide bonds. The fraction of sp³-hybridized carbons (Fsp3) is 0.538. The number of hydrogen-bond acceptors (Lipinski definition) is 8. The zero-order valence-corrected chi connectivity index (χ0v) is 21.2. The van der Waals surface area contributed by atoms with Gasteiger partial charge in [0.2, 0.25) is 11.9 Å². The molecule has 0 radical (unpaired) electrons. The van der Waals surface area contributed by atoms with Crippen molar-refractivity contribution >= 4 is 17.8 Å². The van der Waals surface area contributed by atoms with E-state index in [9.17, 15) is 9.59 Å². The first kappa shape index (κ1) is 25.5. The zero-order valence-electron chi connectivity index (χ0n) is 21.2. The molecule has 36 heavy (non-hydrogen) atoms. The Morgan fingerprint density at radius 1 is 0.889 bits per heavy atom. The minimum Gasteiger partial charge on any atom is -0.496 e. The molecule has 1 aliphatic carbocycles. The van der Waals surface area contributed by atoms with Gasteiger partial charge in [-0.05, 0) is 37.7 Å². The van der Waals surface area contributed by atoms with E-state index in [2.05, 4.69) is 20.2 Å². The molecule has 1 N–H and O–H groups in total. The summed E-state index contributed by atoms with van der Waals surface area (Å²) in [4.78, 5) is 38.7. The Hall–Kier alpha value is -3.56. The molecule has 0 unspecified atom stereocenters. The van der Waals surface area contributed by atoms with Crippen LogP contribution in [0.25, 0.3) is 0 Å². The highest BCUT2D eigenvalue weighted by molar-refractivity contribution is 5.97. The van der Waals surface area contributed by atoms with Crippen molar-refractivity contribution in [1.29, 1.82) is 0 Å². The van der Waals surface area contributed by atoms with Gasteiger partial charge in [0.05, 0.1) is 26.9 Å². The lowest BCUT2D eigenvalue weighted by Crippen LogP contribution is -2.51. The van der Waals surface area contributed by atoms with Crippen molar-refractivity contribution in [3.05, 3.63) is 36.2 Å². The number of carbonyl (C=O) groups is 2. The van der Waals surface area contributed by atoms with Gasteiger partial charge in [0.1, 0.15) is 5.75 Å². The molecule has 0 atom stereocenters.